The topological polar surface area (TPSA) is 23.8 Å². The zero-order valence-corrected chi connectivity index (χ0v) is 20.8. The molecule has 0 bridgehead atoms. The third-order valence-electron chi connectivity index (χ3n) is 6.88. The van der Waals surface area contributed by atoms with E-state index in [1.165, 1.54) is 44.2 Å². The molecule has 0 aliphatic heterocycles. The van der Waals surface area contributed by atoms with Gasteiger partial charge in [0.2, 0.25) is 0 Å². The quantitative estimate of drug-likeness (QED) is 0.267. The van der Waals surface area contributed by atoms with Crippen LogP contribution < -0.4 is 0 Å². The Hall–Kier alpha value is -4.15. The molecular formula is C34H29N. The zero-order chi connectivity index (χ0) is 24.5. The fourth-order valence-electron chi connectivity index (χ4n) is 4.99. The number of benzene rings is 5. The minimum atomic E-state index is 0.516. The highest BCUT2D eigenvalue weighted by Crippen LogP contribution is 2.38. The summed E-state index contributed by atoms with van der Waals surface area (Å²) in [5.74, 6) is 0.516. The highest BCUT2D eigenvalue weighted by atomic mass is 14.2. The molecule has 0 aliphatic carbocycles. The smallest absolute Gasteiger partial charge is 0.0992 e. The lowest BCUT2D eigenvalue weighted by Crippen LogP contribution is -1.91. The van der Waals surface area contributed by atoms with Crippen LogP contribution in [0, 0.1) is 25.2 Å². The van der Waals surface area contributed by atoms with E-state index in [1.807, 2.05) is 12.1 Å². The third kappa shape index (κ3) is 4.36. The first-order chi connectivity index (χ1) is 16.9. The van der Waals surface area contributed by atoms with Gasteiger partial charge >= 0.3 is 0 Å². The number of nitriles is 1. The molecule has 0 unspecified atom stereocenters. The molecular weight excluding hydrogens is 422 g/mol. The van der Waals surface area contributed by atoms with Crippen molar-refractivity contribution in [2.24, 2.45) is 0 Å². The van der Waals surface area contributed by atoms with Crippen LogP contribution in [0.15, 0.2) is 97.1 Å². The fraction of sp³-hybridized carbons (Fsp3) is 0.147. The first kappa shape index (κ1) is 22.6. The van der Waals surface area contributed by atoms with Crippen molar-refractivity contribution in [1.82, 2.24) is 0 Å². The second kappa shape index (κ2) is 9.24. The Morgan fingerprint density at radius 3 is 1.74 bits per heavy atom. The Morgan fingerprint density at radius 2 is 1.17 bits per heavy atom. The number of aryl methyl sites for hydroxylation is 2. The summed E-state index contributed by atoms with van der Waals surface area (Å²) in [5, 5.41) is 12.2. The summed E-state index contributed by atoms with van der Waals surface area (Å²) in [4.78, 5) is 0. The van der Waals surface area contributed by atoms with Crippen LogP contribution in [0.25, 0.3) is 44.2 Å². The maximum atomic E-state index is 9.81. The van der Waals surface area contributed by atoms with Crippen LogP contribution in [0.1, 0.15) is 42.0 Å². The molecule has 0 saturated heterocycles. The first-order valence-electron chi connectivity index (χ1n) is 12.2. The van der Waals surface area contributed by atoms with Crippen molar-refractivity contribution in [1.29, 1.82) is 5.26 Å². The Kier molecular flexibility index (Phi) is 5.98. The molecule has 0 aliphatic rings. The highest BCUT2D eigenvalue weighted by Gasteiger charge is 2.13. The van der Waals surface area contributed by atoms with Crippen molar-refractivity contribution in [2.45, 2.75) is 33.6 Å². The Balaban J connectivity index is 1.68. The van der Waals surface area contributed by atoms with Crippen molar-refractivity contribution in [2.75, 3.05) is 0 Å². The van der Waals surface area contributed by atoms with Crippen LogP contribution in [0.2, 0.25) is 0 Å². The molecule has 0 radical (unpaired) electrons. The van der Waals surface area contributed by atoms with Gasteiger partial charge in [-0.3, -0.25) is 0 Å². The lowest BCUT2D eigenvalue weighted by Gasteiger charge is -2.15. The molecule has 1 heteroatoms. The summed E-state index contributed by atoms with van der Waals surface area (Å²) in [6.45, 7) is 8.69. The van der Waals surface area contributed by atoms with E-state index in [2.05, 4.69) is 119 Å². The van der Waals surface area contributed by atoms with Crippen LogP contribution >= 0.6 is 0 Å². The molecule has 0 heterocycles. The van der Waals surface area contributed by atoms with Gasteiger partial charge < -0.3 is 0 Å². The van der Waals surface area contributed by atoms with Crippen molar-refractivity contribution >= 4 is 10.8 Å². The van der Waals surface area contributed by atoms with Crippen LogP contribution in [0.5, 0.6) is 0 Å². The minimum Gasteiger partial charge on any atom is -0.192 e. The van der Waals surface area contributed by atoms with Gasteiger partial charge in [-0.1, -0.05) is 98.3 Å². The third-order valence-corrected chi connectivity index (χ3v) is 6.88. The van der Waals surface area contributed by atoms with Gasteiger partial charge in [-0.15, -0.1) is 0 Å². The van der Waals surface area contributed by atoms with Crippen LogP contribution in [-0.2, 0) is 0 Å². The average molecular weight is 452 g/mol. The van der Waals surface area contributed by atoms with E-state index in [9.17, 15) is 5.26 Å². The standard InChI is InChI=1S/C34H29N/c1-22(2)26-10-12-27(13-11-26)31-15-16-32(34-8-6-5-7-33(31)34)29-19-25(21-35)18-28(20-29)30-14-9-23(3)17-24(30)4/h5-20,22H,1-4H3. The van der Waals surface area contributed by atoms with Crippen molar-refractivity contribution in [3.63, 3.8) is 0 Å². The number of fused-ring (bicyclic) bond motifs is 1. The van der Waals surface area contributed by atoms with E-state index < -0.39 is 0 Å². The summed E-state index contributed by atoms with van der Waals surface area (Å²) >= 11 is 0. The van der Waals surface area contributed by atoms with Crippen LogP contribution in [0.3, 0.4) is 0 Å². The zero-order valence-electron chi connectivity index (χ0n) is 20.8. The maximum absolute atomic E-state index is 9.81. The molecule has 35 heavy (non-hydrogen) atoms. The van der Waals surface area contributed by atoms with E-state index in [4.69, 9.17) is 0 Å². The van der Waals surface area contributed by atoms with E-state index in [0.717, 1.165) is 16.7 Å². The number of nitrogens with zero attached hydrogens (tertiary/aromatic N) is 1. The van der Waals surface area contributed by atoms with Crippen molar-refractivity contribution < 1.29 is 0 Å². The normalized spacial score (nSPS) is 11.1. The van der Waals surface area contributed by atoms with Gasteiger partial charge in [0.1, 0.15) is 0 Å². The number of hydrogen-bond donors (Lipinski definition) is 0. The largest absolute Gasteiger partial charge is 0.192 e. The van der Waals surface area contributed by atoms with Crippen LogP contribution in [-0.4, -0.2) is 0 Å². The number of rotatable bonds is 4. The molecule has 0 spiro atoms. The Labute approximate surface area is 208 Å². The fourth-order valence-corrected chi connectivity index (χ4v) is 4.99. The molecule has 0 N–H and O–H groups in total. The molecule has 5 aromatic carbocycles. The molecule has 1 nitrogen and oxygen atoms in total. The maximum Gasteiger partial charge on any atom is 0.0992 e. The van der Waals surface area contributed by atoms with Crippen molar-refractivity contribution in [3.8, 4) is 39.4 Å². The lowest BCUT2D eigenvalue weighted by atomic mass is 9.89. The predicted molar refractivity (Wildman–Crippen MR) is 149 cm³/mol. The second-order valence-electron chi connectivity index (χ2n) is 9.71. The van der Waals surface area contributed by atoms with Gasteiger partial charge in [0.05, 0.1) is 11.6 Å². The SMILES string of the molecule is Cc1ccc(-c2cc(C#N)cc(-c3ccc(-c4ccc(C(C)C)cc4)c4ccccc34)c2)c(C)c1. The summed E-state index contributed by atoms with van der Waals surface area (Å²) in [6.07, 6.45) is 0. The van der Waals surface area contributed by atoms with Gasteiger partial charge in [-0.2, -0.15) is 5.26 Å². The van der Waals surface area contributed by atoms with Gasteiger partial charge in [-0.25, -0.2) is 0 Å². The summed E-state index contributed by atoms with van der Waals surface area (Å²) < 4.78 is 0. The number of hydrogen-bond acceptors (Lipinski definition) is 1. The molecule has 5 aromatic rings. The summed E-state index contributed by atoms with van der Waals surface area (Å²) in [7, 11) is 0. The molecule has 5 rings (SSSR count). The van der Waals surface area contributed by atoms with Gasteiger partial charge in [0, 0.05) is 0 Å². The monoisotopic (exact) mass is 451 g/mol. The summed E-state index contributed by atoms with van der Waals surface area (Å²) in [6, 6.07) is 37.0. The molecule has 0 amide bonds. The Morgan fingerprint density at radius 1 is 0.600 bits per heavy atom. The molecule has 0 atom stereocenters. The van der Waals surface area contributed by atoms with Crippen LogP contribution in [0.4, 0.5) is 0 Å². The molecule has 0 fully saturated rings. The Bertz CT molecular complexity index is 1580. The summed E-state index contributed by atoms with van der Waals surface area (Å²) in [5.41, 5.74) is 11.4. The van der Waals surface area contributed by atoms with Gasteiger partial charge in [0.25, 0.3) is 0 Å². The van der Waals surface area contributed by atoms with Crippen molar-refractivity contribution in [3.05, 3.63) is 119 Å². The second-order valence-corrected chi connectivity index (χ2v) is 9.71. The van der Waals surface area contributed by atoms with Gasteiger partial charge in [0.15, 0.2) is 0 Å². The highest BCUT2D eigenvalue weighted by molar-refractivity contribution is 6.05. The molecule has 170 valence electrons. The first-order valence-corrected chi connectivity index (χ1v) is 12.2. The van der Waals surface area contributed by atoms with E-state index in [1.54, 1.807) is 0 Å². The van der Waals surface area contributed by atoms with E-state index >= 15 is 0 Å². The van der Waals surface area contributed by atoms with E-state index in [-0.39, 0.29) is 0 Å². The molecule has 0 saturated carbocycles. The average Bonchev–Trinajstić information content (AvgIpc) is 2.87. The predicted octanol–water partition coefficient (Wildman–Crippen LogP) is 9.45. The van der Waals surface area contributed by atoms with Gasteiger partial charge in [-0.05, 0) is 93.2 Å². The van der Waals surface area contributed by atoms with E-state index in [0.29, 0.717) is 11.5 Å². The minimum absolute atomic E-state index is 0.516. The lowest BCUT2D eigenvalue weighted by molar-refractivity contribution is 0.867. The molecule has 0 aromatic heterocycles.